The number of nitrogens with zero attached hydrogens (tertiary/aromatic N) is 2. The highest BCUT2D eigenvalue weighted by molar-refractivity contribution is 5.79. The van der Waals surface area contributed by atoms with Crippen molar-refractivity contribution in [1.82, 2.24) is 0 Å². The van der Waals surface area contributed by atoms with Crippen molar-refractivity contribution in [1.29, 1.82) is 0 Å². The molecule has 0 spiro atoms. The fourth-order valence-corrected chi connectivity index (χ4v) is 7.84. The summed E-state index contributed by atoms with van der Waals surface area (Å²) in [5.74, 6) is 3.30. The molecule has 52 heavy (non-hydrogen) atoms. The summed E-state index contributed by atoms with van der Waals surface area (Å²) in [7, 11) is 6.77. The van der Waals surface area contributed by atoms with Crippen LogP contribution in [-0.2, 0) is 10.8 Å². The van der Waals surface area contributed by atoms with Crippen molar-refractivity contribution < 1.29 is 18.9 Å². The van der Waals surface area contributed by atoms with Gasteiger partial charge in [0, 0.05) is 39.5 Å². The van der Waals surface area contributed by atoms with E-state index >= 15 is 0 Å². The molecule has 0 aromatic heterocycles. The first kappa shape index (κ1) is 34.6. The number of fused-ring (bicyclic) bond motifs is 1. The molecule has 1 atom stereocenters. The van der Waals surface area contributed by atoms with Gasteiger partial charge < -0.3 is 28.7 Å². The number of methoxy groups -OCH3 is 4. The van der Waals surface area contributed by atoms with E-state index in [4.69, 9.17) is 18.9 Å². The Hall–Kier alpha value is -5.88. The average Bonchev–Trinajstić information content (AvgIpc) is 3.40. The summed E-state index contributed by atoms with van der Waals surface area (Å²) in [5.41, 5.74) is 10.2. The number of anilines is 6. The lowest BCUT2D eigenvalue weighted by atomic mass is 9.75. The summed E-state index contributed by atoms with van der Waals surface area (Å²) < 4.78 is 21.9. The minimum absolute atomic E-state index is 0.0531. The van der Waals surface area contributed by atoms with E-state index in [1.807, 2.05) is 48.5 Å². The molecule has 0 saturated heterocycles. The highest BCUT2D eigenvalue weighted by Crippen LogP contribution is 2.54. The number of benzene rings is 6. The topological polar surface area (TPSA) is 43.4 Å². The molecule has 0 radical (unpaired) electrons. The van der Waals surface area contributed by atoms with Gasteiger partial charge in [-0.1, -0.05) is 39.0 Å². The highest BCUT2D eigenvalue weighted by atomic mass is 16.5. The van der Waals surface area contributed by atoms with Gasteiger partial charge in [0.15, 0.2) is 0 Å². The smallest absolute Gasteiger partial charge is 0.119 e. The van der Waals surface area contributed by atoms with Crippen molar-refractivity contribution in [2.24, 2.45) is 0 Å². The second-order valence-electron chi connectivity index (χ2n) is 14.1. The van der Waals surface area contributed by atoms with E-state index in [1.165, 1.54) is 16.7 Å². The van der Waals surface area contributed by atoms with Crippen LogP contribution in [0.2, 0.25) is 0 Å². The zero-order valence-corrected chi connectivity index (χ0v) is 31.0. The van der Waals surface area contributed by atoms with E-state index in [9.17, 15) is 0 Å². The fraction of sp³-hybridized carbons (Fsp3) is 0.217. The number of hydrogen-bond acceptors (Lipinski definition) is 6. The van der Waals surface area contributed by atoms with E-state index in [2.05, 4.69) is 122 Å². The van der Waals surface area contributed by atoms with Gasteiger partial charge in [-0.15, -0.1) is 0 Å². The zero-order chi connectivity index (χ0) is 36.5. The Labute approximate surface area is 307 Å². The molecule has 0 fully saturated rings. The van der Waals surface area contributed by atoms with Gasteiger partial charge in [-0.2, -0.15) is 0 Å². The zero-order valence-electron chi connectivity index (χ0n) is 31.0. The maximum absolute atomic E-state index is 5.48. The summed E-state index contributed by atoms with van der Waals surface area (Å²) in [5, 5.41) is 0. The van der Waals surface area contributed by atoms with Crippen LogP contribution < -0.4 is 28.7 Å². The van der Waals surface area contributed by atoms with Crippen LogP contribution in [0.5, 0.6) is 23.0 Å². The van der Waals surface area contributed by atoms with E-state index < -0.39 is 0 Å². The first-order valence-corrected chi connectivity index (χ1v) is 17.6. The first-order chi connectivity index (χ1) is 25.2. The SMILES string of the molecule is COc1ccc(N(c2ccc(OC)cc2)c2ccc(C3(C)CC(C)(C)c4cc(N(c5ccc(OC)cc5)c5ccc(OC)cc5)ccc43)cc2)cc1. The third kappa shape index (κ3) is 6.41. The molecule has 1 aliphatic rings. The van der Waals surface area contributed by atoms with E-state index in [-0.39, 0.29) is 10.8 Å². The van der Waals surface area contributed by atoms with Crippen LogP contribution in [0.1, 0.15) is 43.9 Å². The standard InChI is InChI=1S/C46H46N2O4/c1-45(2)31-46(3,32-8-10-33(11-9-32)47(34-12-21-39(49-4)22-13-34)35-14-23-40(50-5)24-15-35)43-29-20-38(30-44(43)45)48(36-16-25-41(51-6)26-17-36)37-18-27-42(52-7)28-19-37/h8-30H,31H2,1-7H3. The van der Waals surface area contributed by atoms with Gasteiger partial charge in [-0.05, 0) is 150 Å². The molecule has 6 nitrogen and oxygen atoms in total. The maximum Gasteiger partial charge on any atom is 0.119 e. The molecule has 1 aliphatic carbocycles. The van der Waals surface area contributed by atoms with Crippen molar-refractivity contribution in [3.8, 4) is 23.0 Å². The van der Waals surface area contributed by atoms with Gasteiger partial charge in [-0.3, -0.25) is 0 Å². The molecule has 0 heterocycles. The Morgan fingerprint density at radius 1 is 0.385 bits per heavy atom. The molecule has 6 heteroatoms. The normalized spacial score (nSPS) is 15.8. The third-order valence-corrected chi connectivity index (χ3v) is 10.5. The summed E-state index contributed by atoms with van der Waals surface area (Å²) in [4.78, 5) is 4.56. The van der Waals surface area contributed by atoms with Gasteiger partial charge >= 0.3 is 0 Å². The molecule has 6 aromatic rings. The van der Waals surface area contributed by atoms with Crippen molar-refractivity contribution >= 4 is 34.1 Å². The van der Waals surface area contributed by atoms with Crippen LogP contribution >= 0.6 is 0 Å². The largest absolute Gasteiger partial charge is 0.497 e. The van der Waals surface area contributed by atoms with Crippen LogP contribution in [0.25, 0.3) is 0 Å². The number of ether oxygens (including phenoxy) is 4. The second kappa shape index (κ2) is 14.0. The summed E-state index contributed by atoms with van der Waals surface area (Å²) >= 11 is 0. The number of rotatable bonds is 11. The molecule has 0 amide bonds. The van der Waals surface area contributed by atoms with Crippen molar-refractivity contribution in [3.05, 3.63) is 156 Å². The summed E-state index contributed by atoms with van der Waals surface area (Å²) in [6, 6.07) is 48.9. The summed E-state index contributed by atoms with van der Waals surface area (Å²) in [6.07, 6.45) is 0.990. The molecule has 0 saturated carbocycles. The lowest BCUT2D eigenvalue weighted by Gasteiger charge is -2.30. The molecule has 1 unspecified atom stereocenters. The lowest BCUT2D eigenvalue weighted by Crippen LogP contribution is -2.23. The predicted octanol–water partition coefficient (Wildman–Crippen LogP) is 11.6. The quantitative estimate of drug-likeness (QED) is 0.135. The van der Waals surface area contributed by atoms with Gasteiger partial charge in [-0.25, -0.2) is 0 Å². The first-order valence-electron chi connectivity index (χ1n) is 17.6. The Morgan fingerprint density at radius 2 is 0.692 bits per heavy atom. The molecule has 0 aliphatic heterocycles. The molecule has 7 rings (SSSR count). The monoisotopic (exact) mass is 690 g/mol. The number of hydrogen-bond donors (Lipinski definition) is 0. The maximum atomic E-state index is 5.48. The van der Waals surface area contributed by atoms with Crippen molar-refractivity contribution in [2.75, 3.05) is 38.2 Å². The molecule has 264 valence electrons. The van der Waals surface area contributed by atoms with E-state index in [0.717, 1.165) is 63.5 Å². The van der Waals surface area contributed by atoms with E-state index in [0.29, 0.717) is 0 Å². The van der Waals surface area contributed by atoms with Gasteiger partial charge in [0.2, 0.25) is 0 Å². The van der Waals surface area contributed by atoms with Crippen LogP contribution in [-0.4, -0.2) is 28.4 Å². The minimum Gasteiger partial charge on any atom is -0.497 e. The lowest BCUT2D eigenvalue weighted by molar-refractivity contribution is 0.414. The Balaban J connectivity index is 1.26. The highest BCUT2D eigenvalue weighted by Gasteiger charge is 2.46. The Bertz CT molecular complexity index is 2030. The summed E-state index contributed by atoms with van der Waals surface area (Å²) in [6.45, 7) is 7.13. The Kier molecular flexibility index (Phi) is 9.33. The predicted molar refractivity (Wildman–Crippen MR) is 213 cm³/mol. The van der Waals surface area contributed by atoms with E-state index in [1.54, 1.807) is 28.4 Å². The molecular weight excluding hydrogens is 645 g/mol. The van der Waals surface area contributed by atoms with Crippen molar-refractivity contribution in [3.63, 3.8) is 0 Å². The third-order valence-electron chi connectivity index (χ3n) is 10.5. The van der Waals surface area contributed by atoms with Gasteiger partial charge in [0.25, 0.3) is 0 Å². The molecule has 0 bridgehead atoms. The minimum atomic E-state index is -0.175. The fourth-order valence-electron chi connectivity index (χ4n) is 7.84. The average molecular weight is 691 g/mol. The van der Waals surface area contributed by atoms with Gasteiger partial charge in [0.05, 0.1) is 28.4 Å². The van der Waals surface area contributed by atoms with Crippen molar-refractivity contribution in [2.45, 2.75) is 38.0 Å². The molecule has 6 aromatic carbocycles. The van der Waals surface area contributed by atoms with Crippen LogP contribution in [0.15, 0.2) is 140 Å². The second-order valence-corrected chi connectivity index (χ2v) is 14.1. The molecular formula is C46H46N2O4. The van der Waals surface area contributed by atoms with Crippen LogP contribution in [0.3, 0.4) is 0 Å². The van der Waals surface area contributed by atoms with Crippen LogP contribution in [0.4, 0.5) is 34.1 Å². The molecule has 0 N–H and O–H groups in total. The van der Waals surface area contributed by atoms with Crippen LogP contribution in [0, 0.1) is 0 Å². The van der Waals surface area contributed by atoms with Gasteiger partial charge in [0.1, 0.15) is 23.0 Å². The Morgan fingerprint density at radius 3 is 1.04 bits per heavy atom.